The smallest absolute Gasteiger partial charge is 0.273 e. The van der Waals surface area contributed by atoms with E-state index < -0.39 is 0 Å². The zero-order valence-electron chi connectivity index (χ0n) is 14.2. The Bertz CT molecular complexity index is 696. The number of aliphatic hydroxyl groups excluding tert-OH is 1. The van der Waals surface area contributed by atoms with Crippen molar-refractivity contribution in [1.82, 2.24) is 9.88 Å². The lowest BCUT2D eigenvalue weighted by Crippen LogP contribution is -2.46. The summed E-state index contributed by atoms with van der Waals surface area (Å²) in [6.07, 6.45) is 2.68. The Morgan fingerprint density at radius 2 is 2.08 bits per heavy atom. The van der Waals surface area contributed by atoms with Crippen molar-refractivity contribution in [2.75, 3.05) is 13.2 Å². The number of amides is 1. The molecule has 1 aliphatic rings. The molecule has 1 N–H and O–H groups in total. The van der Waals surface area contributed by atoms with Crippen molar-refractivity contribution in [3.63, 3.8) is 0 Å². The molecule has 2 heterocycles. The molecule has 24 heavy (non-hydrogen) atoms. The summed E-state index contributed by atoms with van der Waals surface area (Å²) in [5, 5.41) is 12.2. The molecule has 4 nitrogen and oxygen atoms in total. The maximum absolute atomic E-state index is 12.8. The van der Waals surface area contributed by atoms with Gasteiger partial charge >= 0.3 is 0 Å². The summed E-state index contributed by atoms with van der Waals surface area (Å²) in [7, 11) is 0. The van der Waals surface area contributed by atoms with Crippen LogP contribution in [-0.4, -0.2) is 40.1 Å². The van der Waals surface area contributed by atoms with Gasteiger partial charge in [-0.1, -0.05) is 29.8 Å². The fourth-order valence-corrected chi connectivity index (χ4v) is 3.93. The largest absolute Gasteiger partial charge is 0.396 e. The number of thiazole rings is 1. The first-order valence-corrected chi connectivity index (χ1v) is 9.36. The molecule has 2 unspecified atom stereocenters. The van der Waals surface area contributed by atoms with E-state index in [2.05, 4.69) is 43.1 Å². The minimum atomic E-state index is -0.00736. The average Bonchev–Trinajstić information content (AvgIpc) is 3.05. The van der Waals surface area contributed by atoms with Gasteiger partial charge in [-0.2, -0.15) is 0 Å². The van der Waals surface area contributed by atoms with Gasteiger partial charge in [0.15, 0.2) is 0 Å². The van der Waals surface area contributed by atoms with Crippen LogP contribution >= 0.6 is 11.3 Å². The summed E-state index contributed by atoms with van der Waals surface area (Å²) in [4.78, 5) is 19.2. The Morgan fingerprint density at radius 1 is 1.33 bits per heavy atom. The lowest BCUT2D eigenvalue weighted by molar-refractivity contribution is 0.0484. The van der Waals surface area contributed by atoms with Gasteiger partial charge in [0, 0.05) is 31.0 Å². The topological polar surface area (TPSA) is 53.4 Å². The Morgan fingerprint density at radius 3 is 2.79 bits per heavy atom. The van der Waals surface area contributed by atoms with Crippen molar-refractivity contribution in [3.05, 3.63) is 51.5 Å². The quantitative estimate of drug-likeness (QED) is 0.926. The summed E-state index contributed by atoms with van der Waals surface area (Å²) in [6, 6.07) is 8.62. The molecular formula is C19H24N2O2S. The minimum absolute atomic E-state index is 0.00736. The van der Waals surface area contributed by atoms with Crippen LogP contribution in [0.2, 0.25) is 0 Å². The van der Waals surface area contributed by atoms with Gasteiger partial charge in [-0.25, -0.2) is 4.98 Å². The number of rotatable bonds is 4. The third-order valence-corrected chi connectivity index (χ3v) is 5.59. The van der Waals surface area contributed by atoms with E-state index in [9.17, 15) is 9.90 Å². The lowest BCUT2D eigenvalue weighted by atomic mass is 9.94. The number of carbonyl (C=O) groups is 1. The number of hydrogen-bond acceptors (Lipinski definition) is 4. The highest BCUT2D eigenvalue weighted by Crippen LogP contribution is 2.24. The molecule has 0 radical (unpaired) electrons. The molecule has 2 aromatic rings. The molecule has 1 amide bonds. The number of hydrogen-bond donors (Lipinski definition) is 1. The van der Waals surface area contributed by atoms with Gasteiger partial charge in [0.1, 0.15) is 5.69 Å². The molecule has 5 heteroatoms. The second-order valence-corrected chi connectivity index (χ2v) is 7.66. The number of likely N-dealkylation sites (tertiary alicyclic amines) is 1. The predicted molar refractivity (Wildman–Crippen MR) is 96.4 cm³/mol. The molecular weight excluding hydrogens is 320 g/mol. The van der Waals surface area contributed by atoms with Crippen molar-refractivity contribution < 1.29 is 9.90 Å². The molecule has 0 spiro atoms. The Hall–Kier alpha value is -1.72. The fourth-order valence-electron chi connectivity index (χ4n) is 3.13. The molecule has 0 saturated carbocycles. The van der Waals surface area contributed by atoms with Gasteiger partial charge in [-0.05, 0) is 38.2 Å². The van der Waals surface area contributed by atoms with E-state index in [0.29, 0.717) is 12.2 Å². The van der Waals surface area contributed by atoms with Crippen molar-refractivity contribution in [2.24, 2.45) is 5.92 Å². The van der Waals surface area contributed by atoms with Crippen molar-refractivity contribution >= 4 is 17.2 Å². The van der Waals surface area contributed by atoms with Gasteiger partial charge in [0.05, 0.1) is 5.01 Å². The second-order valence-electron chi connectivity index (χ2n) is 6.72. The maximum Gasteiger partial charge on any atom is 0.273 e. The highest BCUT2D eigenvalue weighted by atomic mass is 32.1. The number of aromatic nitrogens is 1. The SMILES string of the molecule is Cc1ccc(Cc2nc(C(=O)N3CC(CO)CCC3C)cs2)cc1. The van der Waals surface area contributed by atoms with Crippen LogP contribution in [-0.2, 0) is 6.42 Å². The number of benzene rings is 1. The van der Waals surface area contributed by atoms with Crippen LogP contribution in [0.1, 0.15) is 46.4 Å². The highest BCUT2D eigenvalue weighted by Gasteiger charge is 2.30. The summed E-state index contributed by atoms with van der Waals surface area (Å²) in [5.41, 5.74) is 2.99. The maximum atomic E-state index is 12.8. The lowest BCUT2D eigenvalue weighted by Gasteiger charge is -2.37. The van der Waals surface area contributed by atoms with Crippen molar-refractivity contribution in [1.29, 1.82) is 0 Å². The van der Waals surface area contributed by atoms with Crippen LogP contribution in [0.4, 0.5) is 0 Å². The van der Waals surface area contributed by atoms with E-state index in [-0.39, 0.29) is 24.5 Å². The molecule has 1 aliphatic heterocycles. The highest BCUT2D eigenvalue weighted by molar-refractivity contribution is 7.09. The first-order valence-electron chi connectivity index (χ1n) is 8.48. The molecule has 0 bridgehead atoms. The number of piperidine rings is 1. The van der Waals surface area contributed by atoms with E-state index in [1.165, 1.54) is 11.1 Å². The van der Waals surface area contributed by atoms with Gasteiger partial charge in [0.2, 0.25) is 0 Å². The van der Waals surface area contributed by atoms with Crippen LogP contribution in [0, 0.1) is 12.8 Å². The van der Waals surface area contributed by atoms with E-state index in [1.54, 1.807) is 11.3 Å². The summed E-state index contributed by atoms with van der Waals surface area (Å²) >= 11 is 1.54. The summed E-state index contributed by atoms with van der Waals surface area (Å²) < 4.78 is 0. The third-order valence-electron chi connectivity index (χ3n) is 4.75. The first-order chi connectivity index (χ1) is 11.6. The molecule has 2 atom stereocenters. The van der Waals surface area contributed by atoms with Gasteiger partial charge in [-0.15, -0.1) is 11.3 Å². The zero-order chi connectivity index (χ0) is 17.1. The molecule has 1 aromatic heterocycles. The van der Waals surface area contributed by atoms with E-state index >= 15 is 0 Å². The molecule has 3 rings (SSSR count). The molecule has 0 aliphatic carbocycles. The van der Waals surface area contributed by atoms with Crippen LogP contribution in [0.25, 0.3) is 0 Å². The van der Waals surface area contributed by atoms with Crippen molar-refractivity contribution in [2.45, 2.75) is 39.2 Å². The van der Waals surface area contributed by atoms with Gasteiger partial charge in [0.25, 0.3) is 5.91 Å². The number of carbonyl (C=O) groups excluding carboxylic acids is 1. The monoisotopic (exact) mass is 344 g/mol. The van der Waals surface area contributed by atoms with Crippen LogP contribution < -0.4 is 0 Å². The number of aliphatic hydroxyl groups is 1. The fraction of sp³-hybridized carbons (Fsp3) is 0.474. The third kappa shape index (κ3) is 3.84. The summed E-state index contributed by atoms with van der Waals surface area (Å²) in [5.74, 6) is 0.183. The van der Waals surface area contributed by atoms with Gasteiger partial charge in [-0.3, -0.25) is 4.79 Å². The van der Waals surface area contributed by atoms with Gasteiger partial charge < -0.3 is 10.0 Å². The number of nitrogens with zero attached hydrogens (tertiary/aromatic N) is 2. The zero-order valence-corrected chi connectivity index (χ0v) is 15.1. The normalized spacial score (nSPS) is 21.0. The van der Waals surface area contributed by atoms with Crippen molar-refractivity contribution in [3.8, 4) is 0 Å². The number of aryl methyl sites for hydroxylation is 1. The Labute approximate surface area is 147 Å². The van der Waals surface area contributed by atoms with E-state index in [0.717, 1.165) is 24.3 Å². The predicted octanol–water partition coefficient (Wildman–Crippen LogP) is 3.28. The van der Waals surface area contributed by atoms with Crippen LogP contribution in [0.15, 0.2) is 29.6 Å². The summed E-state index contributed by atoms with van der Waals surface area (Å²) in [6.45, 7) is 4.92. The molecule has 1 fully saturated rings. The van der Waals surface area contributed by atoms with E-state index in [1.807, 2.05) is 10.3 Å². The standard InChI is InChI=1S/C19H24N2O2S/c1-13-3-6-15(7-4-13)9-18-20-17(12-24-18)19(23)21-10-16(11-22)8-5-14(21)2/h3-4,6-7,12,14,16,22H,5,8-11H2,1-2H3. The second kappa shape index (κ2) is 7.45. The van der Waals surface area contributed by atoms with Crippen LogP contribution in [0.5, 0.6) is 0 Å². The minimum Gasteiger partial charge on any atom is -0.396 e. The Balaban J connectivity index is 1.70. The average molecular weight is 344 g/mol. The van der Waals surface area contributed by atoms with E-state index in [4.69, 9.17) is 0 Å². The van der Waals surface area contributed by atoms with Crippen LogP contribution in [0.3, 0.4) is 0 Å². The first kappa shape index (κ1) is 17.1. The molecule has 128 valence electrons. The Kier molecular flexibility index (Phi) is 5.31. The molecule has 1 saturated heterocycles. The molecule has 1 aromatic carbocycles.